The van der Waals surface area contributed by atoms with Gasteiger partial charge in [-0.3, -0.25) is 14.4 Å². The molecule has 0 spiro atoms. The normalized spacial score (nSPS) is 13.5. The Kier molecular flexibility index (Phi) is 7.43. The molecule has 3 rings (SSSR count). The van der Waals surface area contributed by atoms with Crippen molar-refractivity contribution < 1.29 is 19.1 Å². The molecule has 0 radical (unpaired) electrons. The van der Waals surface area contributed by atoms with Crippen LogP contribution in [0, 0.1) is 5.92 Å². The van der Waals surface area contributed by atoms with E-state index in [1.165, 1.54) is 0 Å². The summed E-state index contributed by atoms with van der Waals surface area (Å²) in [6.45, 7) is 0.694. The minimum absolute atomic E-state index is 0.0638. The summed E-state index contributed by atoms with van der Waals surface area (Å²) in [6, 6.07) is 13.5. The van der Waals surface area contributed by atoms with E-state index in [0.29, 0.717) is 35.7 Å². The van der Waals surface area contributed by atoms with E-state index >= 15 is 0 Å². The number of methoxy groups -OCH3 is 1. The highest BCUT2D eigenvalue weighted by atomic mass is 16.5. The van der Waals surface area contributed by atoms with E-state index in [0.717, 1.165) is 25.7 Å². The molecule has 3 amide bonds. The Morgan fingerprint density at radius 3 is 2.27 bits per heavy atom. The van der Waals surface area contributed by atoms with Crippen molar-refractivity contribution in [2.45, 2.75) is 25.7 Å². The van der Waals surface area contributed by atoms with Crippen LogP contribution in [0.15, 0.2) is 48.5 Å². The predicted molar refractivity (Wildman–Crippen MR) is 115 cm³/mol. The van der Waals surface area contributed by atoms with Crippen LogP contribution in [0.25, 0.3) is 0 Å². The van der Waals surface area contributed by atoms with E-state index in [9.17, 15) is 14.4 Å². The van der Waals surface area contributed by atoms with E-state index in [1.807, 2.05) is 0 Å². The second-order valence-corrected chi connectivity index (χ2v) is 7.26. The van der Waals surface area contributed by atoms with Crippen LogP contribution in [0.1, 0.15) is 46.4 Å². The Hall–Kier alpha value is -3.35. The molecule has 0 bridgehead atoms. The van der Waals surface area contributed by atoms with Gasteiger partial charge in [0.05, 0.1) is 18.4 Å². The van der Waals surface area contributed by atoms with Gasteiger partial charge in [-0.05, 0) is 49.2 Å². The van der Waals surface area contributed by atoms with Crippen LogP contribution in [-0.2, 0) is 4.79 Å². The van der Waals surface area contributed by atoms with E-state index < -0.39 is 0 Å². The number of para-hydroxylation sites is 1. The van der Waals surface area contributed by atoms with Crippen molar-refractivity contribution in [2.75, 3.05) is 25.5 Å². The second kappa shape index (κ2) is 10.4. The number of ether oxygens (including phenoxy) is 1. The van der Waals surface area contributed by atoms with Crippen molar-refractivity contribution >= 4 is 23.4 Å². The Morgan fingerprint density at radius 1 is 0.900 bits per heavy atom. The summed E-state index contributed by atoms with van der Waals surface area (Å²) < 4.78 is 5.10. The van der Waals surface area contributed by atoms with E-state index in [4.69, 9.17) is 4.74 Å². The van der Waals surface area contributed by atoms with Crippen LogP contribution in [-0.4, -0.2) is 37.9 Å². The van der Waals surface area contributed by atoms with Gasteiger partial charge in [-0.15, -0.1) is 0 Å². The van der Waals surface area contributed by atoms with E-state index in [1.54, 1.807) is 55.6 Å². The third-order valence-corrected chi connectivity index (χ3v) is 5.21. The minimum Gasteiger partial charge on any atom is -0.497 e. The molecule has 158 valence electrons. The molecular weight excluding hydrogens is 382 g/mol. The molecule has 1 saturated carbocycles. The number of carbonyl (C=O) groups is 3. The van der Waals surface area contributed by atoms with E-state index in [-0.39, 0.29) is 23.6 Å². The van der Waals surface area contributed by atoms with Gasteiger partial charge in [0.1, 0.15) is 5.75 Å². The topological polar surface area (TPSA) is 96.5 Å². The molecule has 1 aliphatic rings. The summed E-state index contributed by atoms with van der Waals surface area (Å²) in [5.41, 5.74) is 1.24. The van der Waals surface area contributed by atoms with Gasteiger partial charge < -0.3 is 20.7 Å². The molecule has 7 nitrogen and oxygen atoms in total. The Bertz CT molecular complexity index is 890. The quantitative estimate of drug-likeness (QED) is 0.584. The van der Waals surface area contributed by atoms with Crippen LogP contribution >= 0.6 is 0 Å². The monoisotopic (exact) mass is 409 g/mol. The minimum atomic E-state index is -0.318. The smallest absolute Gasteiger partial charge is 0.255 e. The summed E-state index contributed by atoms with van der Waals surface area (Å²) >= 11 is 0. The van der Waals surface area contributed by atoms with E-state index in [2.05, 4.69) is 16.0 Å². The molecule has 0 saturated heterocycles. The second-order valence-electron chi connectivity index (χ2n) is 7.26. The van der Waals surface area contributed by atoms with Crippen molar-refractivity contribution in [2.24, 2.45) is 5.92 Å². The van der Waals surface area contributed by atoms with Crippen LogP contribution in [0.2, 0.25) is 0 Å². The fourth-order valence-corrected chi connectivity index (χ4v) is 3.52. The molecule has 2 aromatic carbocycles. The highest BCUT2D eigenvalue weighted by molar-refractivity contribution is 6.09. The Labute approximate surface area is 176 Å². The first kappa shape index (κ1) is 21.4. The number of nitrogens with one attached hydrogen (secondary N) is 3. The lowest BCUT2D eigenvalue weighted by Crippen LogP contribution is -2.37. The average molecular weight is 409 g/mol. The maximum atomic E-state index is 12.6. The number of hydrogen-bond donors (Lipinski definition) is 3. The van der Waals surface area contributed by atoms with Gasteiger partial charge in [-0.1, -0.05) is 25.0 Å². The lowest BCUT2D eigenvalue weighted by atomic mass is 10.1. The summed E-state index contributed by atoms with van der Waals surface area (Å²) in [4.78, 5) is 37.1. The zero-order valence-corrected chi connectivity index (χ0v) is 17.1. The van der Waals surface area contributed by atoms with Gasteiger partial charge in [-0.2, -0.15) is 0 Å². The molecular formula is C23H27N3O4. The zero-order chi connectivity index (χ0) is 21.3. The molecule has 3 N–H and O–H groups in total. The van der Waals surface area contributed by atoms with Gasteiger partial charge in [-0.25, -0.2) is 0 Å². The lowest BCUT2D eigenvalue weighted by molar-refractivity contribution is -0.124. The van der Waals surface area contributed by atoms with Crippen molar-refractivity contribution in [3.8, 4) is 5.75 Å². The standard InChI is InChI=1S/C23H27N3O4/c1-30-18-12-10-17(11-13-18)22(28)26-20-9-5-4-8-19(20)23(29)25-15-14-24-21(27)16-6-2-3-7-16/h4-5,8-13,16H,2-3,6-7,14-15H2,1H3,(H,24,27)(H,25,29)(H,26,28). The van der Waals surface area contributed by atoms with Crippen molar-refractivity contribution in [3.63, 3.8) is 0 Å². The molecule has 1 aliphatic carbocycles. The van der Waals surface area contributed by atoms with Crippen molar-refractivity contribution in [3.05, 3.63) is 59.7 Å². The highest BCUT2D eigenvalue weighted by Gasteiger charge is 2.22. The van der Waals surface area contributed by atoms with Gasteiger partial charge in [0.15, 0.2) is 0 Å². The highest BCUT2D eigenvalue weighted by Crippen LogP contribution is 2.24. The zero-order valence-electron chi connectivity index (χ0n) is 17.1. The van der Waals surface area contributed by atoms with Crippen LogP contribution < -0.4 is 20.7 Å². The van der Waals surface area contributed by atoms with Gasteiger partial charge >= 0.3 is 0 Å². The first-order chi connectivity index (χ1) is 14.6. The number of benzene rings is 2. The first-order valence-electron chi connectivity index (χ1n) is 10.2. The Morgan fingerprint density at radius 2 is 1.57 bits per heavy atom. The Balaban J connectivity index is 1.53. The molecule has 0 aromatic heterocycles. The summed E-state index contributed by atoms with van der Waals surface area (Å²) in [6.07, 6.45) is 4.10. The number of hydrogen-bond acceptors (Lipinski definition) is 4. The van der Waals surface area contributed by atoms with Gasteiger partial charge in [0, 0.05) is 24.6 Å². The van der Waals surface area contributed by atoms with Crippen LogP contribution in [0.5, 0.6) is 5.75 Å². The molecule has 2 aromatic rings. The molecule has 0 unspecified atom stereocenters. The largest absolute Gasteiger partial charge is 0.497 e. The average Bonchev–Trinajstić information content (AvgIpc) is 3.32. The SMILES string of the molecule is COc1ccc(C(=O)Nc2ccccc2C(=O)NCCNC(=O)C2CCCC2)cc1. The van der Waals surface area contributed by atoms with Gasteiger partial charge in [0.2, 0.25) is 5.91 Å². The summed E-state index contributed by atoms with van der Waals surface area (Å²) in [7, 11) is 1.56. The number of anilines is 1. The van der Waals surface area contributed by atoms with Crippen LogP contribution in [0.3, 0.4) is 0 Å². The lowest BCUT2D eigenvalue weighted by Gasteiger charge is -2.13. The number of amides is 3. The molecule has 7 heteroatoms. The molecule has 0 atom stereocenters. The third kappa shape index (κ3) is 5.59. The predicted octanol–water partition coefficient (Wildman–Crippen LogP) is 2.98. The molecule has 1 fully saturated rings. The maximum absolute atomic E-state index is 12.6. The summed E-state index contributed by atoms with van der Waals surface area (Å²) in [5, 5.41) is 8.45. The fourth-order valence-electron chi connectivity index (χ4n) is 3.52. The van der Waals surface area contributed by atoms with Crippen molar-refractivity contribution in [1.29, 1.82) is 0 Å². The maximum Gasteiger partial charge on any atom is 0.255 e. The van der Waals surface area contributed by atoms with Crippen LogP contribution in [0.4, 0.5) is 5.69 Å². The number of rotatable bonds is 8. The third-order valence-electron chi connectivity index (χ3n) is 5.21. The van der Waals surface area contributed by atoms with Crippen molar-refractivity contribution in [1.82, 2.24) is 10.6 Å². The molecule has 30 heavy (non-hydrogen) atoms. The first-order valence-corrected chi connectivity index (χ1v) is 10.2. The number of carbonyl (C=O) groups excluding carboxylic acids is 3. The fraction of sp³-hybridized carbons (Fsp3) is 0.348. The molecule has 0 aliphatic heterocycles. The molecule has 0 heterocycles. The van der Waals surface area contributed by atoms with Gasteiger partial charge in [0.25, 0.3) is 11.8 Å². The summed E-state index contributed by atoms with van der Waals surface area (Å²) in [5.74, 6) is 0.201.